The highest BCUT2D eigenvalue weighted by molar-refractivity contribution is 5.83. The normalized spacial score (nSPS) is 10.9. The van der Waals surface area contributed by atoms with Gasteiger partial charge in [0.15, 0.2) is 5.82 Å². The van der Waals surface area contributed by atoms with Crippen LogP contribution in [0.1, 0.15) is 17.3 Å². The number of nitrogens with zero attached hydrogens (tertiary/aromatic N) is 2. The lowest BCUT2D eigenvalue weighted by Gasteiger charge is -2.00. The predicted molar refractivity (Wildman–Crippen MR) is 68.9 cm³/mol. The first-order valence-corrected chi connectivity index (χ1v) is 5.84. The van der Waals surface area contributed by atoms with Gasteiger partial charge in [-0.3, -0.25) is 0 Å². The fraction of sp³-hybridized carbons (Fsp3) is 0.143. The summed E-state index contributed by atoms with van der Waals surface area (Å²) >= 11 is 0. The van der Waals surface area contributed by atoms with Crippen LogP contribution in [-0.4, -0.2) is 10.1 Å². The van der Waals surface area contributed by atoms with Crippen molar-refractivity contribution < 1.29 is 4.52 Å². The molecule has 0 saturated heterocycles. The minimum absolute atomic E-state index is 0.307. The molecule has 3 aromatic rings. The summed E-state index contributed by atoms with van der Waals surface area (Å²) in [5.41, 5.74) is 6.60. The molecule has 3 rings (SSSR count). The summed E-state index contributed by atoms with van der Waals surface area (Å²) in [5, 5.41) is 6.23. The number of fused-ring (bicyclic) bond motifs is 1. The predicted octanol–water partition coefficient (Wildman–Crippen LogP) is 2.27. The molecule has 90 valence electrons. The zero-order valence-corrected chi connectivity index (χ0v) is 9.84. The molecule has 0 aliphatic rings. The van der Waals surface area contributed by atoms with Crippen LogP contribution in [0.2, 0.25) is 0 Å². The summed E-state index contributed by atoms with van der Waals surface area (Å²) in [6.07, 6.45) is 0.637. The van der Waals surface area contributed by atoms with E-state index >= 15 is 0 Å². The van der Waals surface area contributed by atoms with Gasteiger partial charge in [-0.05, 0) is 16.3 Å². The molecule has 0 fully saturated rings. The van der Waals surface area contributed by atoms with E-state index in [1.165, 1.54) is 10.8 Å². The van der Waals surface area contributed by atoms with Gasteiger partial charge in [-0.25, -0.2) is 0 Å². The Morgan fingerprint density at radius 3 is 2.67 bits per heavy atom. The third kappa shape index (κ3) is 2.10. The van der Waals surface area contributed by atoms with Crippen molar-refractivity contribution in [3.05, 3.63) is 59.7 Å². The van der Waals surface area contributed by atoms with Crippen molar-refractivity contribution in [2.24, 2.45) is 5.73 Å². The molecule has 0 amide bonds. The second kappa shape index (κ2) is 4.58. The van der Waals surface area contributed by atoms with Crippen LogP contribution in [0.4, 0.5) is 0 Å². The van der Waals surface area contributed by atoms with E-state index in [0.29, 0.717) is 24.7 Å². The lowest BCUT2D eigenvalue weighted by atomic mass is 10.1. The molecule has 0 unspecified atom stereocenters. The fourth-order valence-electron chi connectivity index (χ4n) is 1.97. The maximum absolute atomic E-state index is 5.45. The van der Waals surface area contributed by atoms with Crippen molar-refractivity contribution in [1.29, 1.82) is 0 Å². The van der Waals surface area contributed by atoms with E-state index in [1.54, 1.807) is 0 Å². The largest absolute Gasteiger partial charge is 0.339 e. The van der Waals surface area contributed by atoms with Crippen LogP contribution in [0.25, 0.3) is 10.8 Å². The van der Waals surface area contributed by atoms with Crippen LogP contribution >= 0.6 is 0 Å². The minimum atomic E-state index is 0.307. The van der Waals surface area contributed by atoms with Gasteiger partial charge >= 0.3 is 0 Å². The maximum Gasteiger partial charge on any atom is 0.231 e. The highest BCUT2D eigenvalue weighted by atomic mass is 16.5. The number of aromatic nitrogens is 2. The fourth-order valence-corrected chi connectivity index (χ4v) is 1.97. The van der Waals surface area contributed by atoms with Gasteiger partial charge < -0.3 is 10.3 Å². The Bertz CT molecular complexity index is 675. The SMILES string of the molecule is NCc1noc(Cc2ccc3ccccc3c2)n1. The first-order valence-electron chi connectivity index (χ1n) is 5.84. The lowest BCUT2D eigenvalue weighted by Crippen LogP contribution is -1.98. The standard InChI is InChI=1S/C14H13N3O/c15-9-13-16-14(18-17-13)8-10-5-6-11-3-1-2-4-12(11)7-10/h1-7H,8-9,15H2. The molecule has 0 radical (unpaired) electrons. The molecular weight excluding hydrogens is 226 g/mol. The molecule has 2 aromatic carbocycles. The molecule has 0 saturated carbocycles. The number of benzene rings is 2. The monoisotopic (exact) mass is 239 g/mol. The van der Waals surface area contributed by atoms with Crippen LogP contribution in [0.5, 0.6) is 0 Å². The number of nitrogens with two attached hydrogens (primary N) is 1. The Morgan fingerprint density at radius 1 is 1.06 bits per heavy atom. The molecule has 1 aromatic heterocycles. The molecule has 4 nitrogen and oxygen atoms in total. The van der Waals surface area contributed by atoms with Gasteiger partial charge in [-0.15, -0.1) is 0 Å². The highest BCUT2D eigenvalue weighted by Gasteiger charge is 2.06. The van der Waals surface area contributed by atoms with Crippen LogP contribution in [-0.2, 0) is 13.0 Å². The summed E-state index contributed by atoms with van der Waals surface area (Å²) in [7, 11) is 0. The molecule has 0 bridgehead atoms. The first kappa shape index (κ1) is 10.9. The number of hydrogen-bond acceptors (Lipinski definition) is 4. The van der Waals surface area contributed by atoms with E-state index in [9.17, 15) is 0 Å². The van der Waals surface area contributed by atoms with E-state index in [-0.39, 0.29) is 0 Å². The third-order valence-corrected chi connectivity index (χ3v) is 2.86. The van der Waals surface area contributed by atoms with Gasteiger partial charge in [-0.2, -0.15) is 4.98 Å². The molecular formula is C14H13N3O. The molecule has 0 aliphatic carbocycles. The molecule has 2 N–H and O–H groups in total. The quantitative estimate of drug-likeness (QED) is 0.761. The van der Waals surface area contributed by atoms with Gasteiger partial charge in [-0.1, -0.05) is 47.6 Å². The molecule has 0 atom stereocenters. The Morgan fingerprint density at radius 2 is 1.89 bits per heavy atom. The van der Waals surface area contributed by atoms with Crippen molar-refractivity contribution in [3.63, 3.8) is 0 Å². The van der Waals surface area contributed by atoms with Crippen LogP contribution < -0.4 is 5.73 Å². The van der Waals surface area contributed by atoms with Crippen LogP contribution in [0, 0.1) is 0 Å². The van der Waals surface area contributed by atoms with Crippen molar-refractivity contribution in [2.45, 2.75) is 13.0 Å². The third-order valence-electron chi connectivity index (χ3n) is 2.86. The Kier molecular flexibility index (Phi) is 2.78. The summed E-state index contributed by atoms with van der Waals surface area (Å²) < 4.78 is 5.13. The van der Waals surface area contributed by atoms with Gasteiger partial charge in [0.25, 0.3) is 0 Å². The molecule has 18 heavy (non-hydrogen) atoms. The summed E-state index contributed by atoms with van der Waals surface area (Å²) in [6.45, 7) is 0.307. The van der Waals surface area contributed by atoms with E-state index in [4.69, 9.17) is 10.3 Å². The van der Waals surface area contributed by atoms with Crippen molar-refractivity contribution in [1.82, 2.24) is 10.1 Å². The van der Waals surface area contributed by atoms with Gasteiger partial charge in [0.1, 0.15) is 0 Å². The van der Waals surface area contributed by atoms with Crippen molar-refractivity contribution in [2.75, 3.05) is 0 Å². The zero-order chi connectivity index (χ0) is 12.4. The Labute approximate surface area is 104 Å². The van der Waals surface area contributed by atoms with Crippen LogP contribution in [0.15, 0.2) is 47.0 Å². The minimum Gasteiger partial charge on any atom is -0.339 e. The summed E-state index contributed by atoms with van der Waals surface area (Å²) in [5.74, 6) is 1.15. The molecule has 0 aliphatic heterocycles. The highest BCUT2D eigenvalue weighted by Crippen LogP contribution is 2.17. The van der Waals surface area contributed by atoms with Crippen LogP contribution in [0.3, 0.4) is 0 Å². The zero-order valence-electron chi connectivity index (χ0n) is 9.84. The summed E-state index contributed by atoms with van der Waals surface area (Å²) in [6, 6.07) is 14.6. The van der Waals surface area contributed by atoms with E-state index in [2.05, 4.69) is 40.5 Å². The van der Waals surface area contributed by atoms with Gasteiger partial charge in [0.2, 0.25) is 5.89 Å². The Hall–Kier alpha value is -2.20. The maximum atomic E-state index is 5.45. The first-order chi connectivity index (χ1) is 8.85. The van der Waals surface area contributed by atoms with Crippen molar-refractivity contribution >= 4 is 10.8 Å². The number of hydrogen-bond donors (Lipinski definition) is 1. The van der Waals surface area contributed by atoms with Crippen molar-refractivity contribution in [3.8, 4) is 0 Å². The second-order valence-electron chi connectivity index (χ2n) is 4.17. The average molecular weight is 239 g/mol. The van der Waals surface area contributed by atoms with Gasteiger partial charge in [0, 0.05) is 0 Å². The average Bonchev–Trinajstić information content (AvgIpc) is 2.86. The molecule has 0 spiro atoms. The van der Waals surface area contributed by atoms with E-state index in [0.717, 1.165) is 5.56 Å². The summed E-state index contributed by atoms with van der Waals surface area (Å²) in [4.78, 5) is 4.20. The molecule has 4 heteroatoms. The lowest BCUT2D eigenvalue weighted by molar-refractivity contribution is 0.379. The smallest absolute Gasteiger partial charge is 0.231 e. The molecule has 1 heterocycles. The second-order valence-corrected chi connectivity index (χ2v) is 4.17. The van der Waals surface area contributed by atoms with E-state index in [1.807, 2.05) is 12.1 Å². The number of rotatable bonds is 3. The Balaban J connectivity index is 1.90. The topological polar surface area (TPSA) is 64.9 Å². The van der Waals surface area contributed by atoms with Gasteiger partial charge in [0.05, 0.1) is 13.0 Å². The van der Waals surface area contributed by atoms with E-state index < -0.39 is 0 Å².